The monoisotopic (exact) mass is 190 g/mol. The van der Waals surface area contributed by atoms with E-state index < -0.39 is 0 Å². The number of fused-ring (bicyclic) bond motifs is 1. The Morgan fingerprint density at radius 2 is 2.07 bits per heavy atom. The zero-order valence-electron chi connectivity index (χ0n) is 8.02. The van der Waals surface area contributed by atoms with Crippen LogP contribution in [0.25, 0.3) is 5.52 Å². The largest absolute Gasteiger partial charge is 0.317 e. The van der Waals surface area contributed by atoms with Crippen molar-refractivity contribution in [3.8, 4) is 0 Å². The Morgan fingerprint density at radius 3 is 2.71 bits per heavy atom. The van der Waals surface area contributed by atoms with Gasteiger partial charge in [-0.2, -0.15) is 0 Å². The first kappa shape index (κ1) is 8.74. The Hall–Kier alpha value is -1.84. The molecule has 0 aliphatic carbocycles. The minimum absolute atomic E-state index is 0.211. The van der Waals surface area contributed by atoms with Gasteiger partial charge in [-0.3, -0.25) is 10.1 Å². The molecular formula is C10H10N2O2. The van der Waals surface area contributed by atoms with Crippen LogP contribution in [-0.4, -0.2) is 9.32 Å². The van der Waals surface area contributed by atoms with E-state index in [1.807, 2.05) is 25.3 Å². The standard InChI is InChI=1S/C10H10N2O2/c1-7-4-3-5-11-6-8(2)10(9(7)11)12(13)14/h3-6H,1-2H3. The van der Waals surface area contributed by atoms with Gasteiger partial charge in [0.2, 0.25) is 0 Å². The SMILES string of the molecule is Cc1cn2cccc(C)c2c1[N+](=O)[O-]. The van der Waals surface area contributed by atoms with Crippen LogP contribution in [0.5, 0.6) is 0 Å². The molecule has 4 nitrogen and oxygen atoms in total. The first-order valence-electron chi connectivity index (χ1n) is 4.32. The second kappa shape index (κ2) is 2.83. The number of hydrogen-bond donors (Lipinski definition) is 0. The van der Waals surface area contributed by atoms with Gasteiger partial charge in [0, 0.05) is 18.0 Å². The van der Waals surface area contributed by atoms with Crippen LogP contribution in [0.4, 0.5) is 5.69 Å². The molecule has 0 bridgehead atoms. The Balaban J connectivity index is 2.93. The Morgan fingerprint density at radius 1 is 1.36 bits per heavy atom. The average Bonchev–Trinajstić information content (AvgIpc) is 2.42. The van der Waals surface area contributed by atoms with E-state index in [4.69, 9.17) is 0 Å². The molecule has 0 atom stereocenters. The van der Waals surface area contributed by atoms with E-state index in [1.165, 1.54) is 0 Å². The minimum Gasteiger partial charge on any atom is -0.317 e. The Bertz CT molecular complexity index is 514. The molecule has 0 fully saturated rings. The highest BCUT2D eigenvalue weighted by Crippen LogP contribution is 2.28. The van der Waals surface area contributed by atoms with Crippen LogP contribution in [0.15, 0.2) is 24.5 Å². The number of aryl methyl sites for hydroxylation is 2. The van der Waals surface area contributed by atoms with Gasteiger partial charge in [-0.05, 0) is 25.5 Å². The lowest BCUT2D eigenvalue weighted by molar-refractivity contribution is -0.383. The lowest BCUT2D eigenvalue weighted by atomic mass is 10.2. The second-order valence-electron chi connectivity index (χ2n) is 3.36. The summed E-state index contributed by atoms with van der Waals surface area (Å²) in [7, 11) is 0. The molecule has 0 spiro atoms. The van der Waals surface area contributed by atoms with Crippen molar-refractivity contribution in [3.63, 3.8) is 0 Å². The van der Waals surface area contributed by atoms with Crippen molar-refractivity contribution >= 4 is 11.2 Å². The summed E-state index contributed by atoms with van der Waals surface area (Å²) in [5.74, 6) is 0. The highest BCUT2D eigenvalue weighted by Gasteiger charge is 2.19. The minimum atomic E-state index is -0.322. The molecule has 2 aromatic heterocycles. The fourth-order valence-corrected chi connectivity index (χ4v) is 1.74. The topological polar surface area (TPSA) is 47.5 Å². The predicted octanol–water partition coefficient (Wildman–Crippen LogP) is 2.46. The van der Waals surface area contributed by atoms with Crippen molar-refractivity contribution in [2.24, 2.45) is 0 Å². The molecule has 0 radical (unpaired) electrons. The average molecular weight is 190 g/mol. The maximum Gasteiger partial charge on any atom is 0.297 e. The summed E-state index contributed by atoms with van der Waals surface area (Å²) in [5.41, 5.74) is 2.52. The van der Waals surface area contributed by atoms with E-state index in [2.05, 4.69) is 0 Å². The fourth-order valence-electron chi connectivity index (χ4n) is 1.74. The van der Waals surface area contributed by atoms with Crippen LogP contribution in [0.3, 0.4) is 0 Å². The van der Waals surface area contributed by atoms with Crippen LogP contribution in [-0.2, 0) is 0 Å². The van der Waals surface area contributed by atoms with Crippen LogP contribution in [0.1, 0.15) is 11.1 Å². The molecule has 14 heavy (non-hydrogen) atoms. The zero-order valence-corrected chi connectivity index (χ0v) is 8.02. The first-order valence-corrected chi connectivity index (χ1v) is 4.32. The van der Waals surface area contributed by atoms with Gasteiger partial charge in [0.25, 0.3) is 5.69 Å². The third-order valence-corrected chi connectivity index (χ3v) is 2.34. The van der Waals surface area contributed by atoms with E-state index in [-0.39, 0.29) is 10.6 Å². The molecule has 4 heteroatoms. The van der Waals surface area contributed by atoms with Gasteiger partial charge in [-0.25, -0.2) is 0 Å². The predicted molar refractivity (Wildman–Crippen MR) is 53.5 cm³/mol. The summed E-state index contributed by atoms with van der Waals surface area (Å²) in [6, 6.07) is 3.76. The normalized spacial score (nSPS) is 10.7. The van der Waals surface area contributed by atoms with Crippen LogP contribution < -0.4 is 0 Å². The number of pyridine rings is 1. The number of nitrogens with zero attached hydrogens (tertiary/aromatic N) is 2. The van der Waals surface area contributed by atoms with E-state index in [0.717, 1.165) is 5.56 Å². The third kappa shape index (κ3) is 1.08. The lowest BCUT2D eigenvalue weighted by Gasteiger charge is -1.97. The van der Waals surface area contributed by atoms with Gasteiger partial charge in [0.1, 0.15) is 5.52 Å². The van der Waals surface area contributed by atoms with Crippen molar-refractivity contribution in [3.05, 3.63) is 45.8 Å². The van der Waals surface area contributed by atoms with Crippen LogP contribution >= 0.6 is 0 Å². The maximum atomic E-state index is 10.8. The summed E-state index contributed by atoms with van der Waals surface area (Å²) in [6.45, 7) is 3.63. The van der Waals surface area contributed by atoms with Crippen molar-refractivity contribution < 1.29 is 4.92 Å². The molecule has 72 valence electrons. The molecule has 2 aromatic rings. The molecular weight excluding hydrogens is 180 g/mol. The van der Waals surface area contributed by atoms with E-state index >= 15 is 0 Å². The lowest BCUT2D eigenvalue weighted by Crippen LogP contribution is -1.91. The third-order valence-electron chi connectivity index (χ3n) is 2.34. The zero-order chi connectivity index (χ0) is 10.3. The van der Waals surface area contributed by atoms with Gasteiger partial charge in [0.05, 0.1) is 4.92 Å². The fraction of sp³-hybridized carbons (Fsp3) is 0.200. The highest BCUT2D eigenvalue weighted by molar-refractivity contribution is 5.73. The summed E-state index contributed by atoms with van der Waals surface area (Å²) >= 11 is 0. The van der Waals surface area contributed by atoms with Crippen molar-refractivity contribution in [1.82, 2.24) is 4.40 Å². The second-order valence-corrected chi connectivity index (χ2v) is 3.36. The molecule has 2 rings (SSSR count). The molecule has 0 saturated carbocycles. The van der Waals surface area contributed by atoms with Crippen LogP contribution in [0, 0.1) is 24.0 Å². The van der Waals surface area contributed by atoms with E-state index in [1.54, 1.807) is 17.5 Å². The van der Waals surface area contributed by atoms with Gasteiger partial charge in [0.15, 0.2) is 0 Å². The van der Waals surface area contributed by atoms with E-state index in [9.17, 15) is 10.1 Å². The van der Waals surface area contributed by atoms with Gasteiger partial charge < -0.3 is 4.40 Å². The summed E-state index contributed by atoms with van der Waals surface area (Å²) in [6.07, 6.45) is 3.60. The summed E-state index contributed by atoms with van der Waals surface area (Å²) < 4.78 is 1.79. The van der Waals surface area contributed by atoms with Gasteiger partial charge >= 0.3 is 0 Å². The van der Waals surface area contributed by atoms with Crippen molar-refractivity contribution in [2.75, 3.05) is 0 Å². The molecule has 0 aliphatic heterocycles. The van der Waals surface area contributed by atoms with Crippen molar-refractivity contribution in [2.45, 2.75) is 13.8 Å². The summed E-state index contributed by atoms with van der Waals surface area (Å²) in [5, 5.41) is 10.8. The number of nitro groups is 1. The highest BCUT2D eigenvalue weighted by atomic mass is 16.6. The molecule has 0 saturated heterocycles. The molecule has 0 amide bonds. The number of aromatic nitrogens is 1. The maximum absolute atomic E-state index is 10.8. The van der Waals surface area contributed by atoms with Gasteiger partial charge in [-0.15, -0.1) is 0 Å². The molecule has 0 unspecified atom stereocenters. The molecule has 0 N–H and O–H groups in total. The Labute approximate surface area is 80.9 Å². The number of hydrogen-bond acceptors (Lipinski definition) is 2. The molecule has 2 heterocycles. The quantitative estimate of drug-likeness (QED) is 0.512. The number of rotatable bonds is 1. The van der Waals surface area contributed by atoms with E-state index in [0.29, 0.717) is 11.1 Å². The van der Waals surface area contributed by atoms with Crippen molar-refractivity contribution in [1.29, 1.82) is 0 Å². The van der Waals surface area contributed by atoms with Crippen LogP contribution in [0.2, 0.25) is 0 Å². The summed E-state index contributed by atoms with van der Waals surface area (Å²) in [4.78, 5) is 10.5. The molecule has 0 aliphatic rings. The smallest absolute Gasteiger partial charge is 0.297 e. The van der Waals surface area contributed by atoms with Gasteiger partial charge in [-0.1, -0.05) is 6.07 Å². The Kier molecular flexibility index (Phi) is 1.77. The first-order chi connectivity index (χ1) is 6.61. The molecule has 0 aromatic carbocycles.